The molecule has 2 aromatic heterocycles. The summed E-state index contributed by atoms with van der Waals surface area (Å²) in [6.45, 7) is 2.09. The third-order valence-electron chi connectivity index (χ3n) is 3.99. The molecule has 124 valence electrons. The lowest BCUT2D eigenvalue weighted by Gasteiger charge is -2.03. The van der Waals surface area contributed by atoms with Crippen LogP contribution in [0.5, 0.6) is 0 Å². The maximum absolute atomic E-state index is 5.95. The van der Waals surface area contributed by atoms with E-state index in [1.807, 2.05) is 35.0 Å². The van der Waals surface area contributed by atoms with Gasteiger partial charge in [-0.2, -0.15) is 5.10 Å². The molecular weight excluding hydrogens is 350 g/mol. The molecule has 2 aromatic carbocycles. The molecule has 0 aliphatic carbocycles. The normalized spacial score (nSPS) is 11.1. The van der Waals surface area contributed by atoms with Crippen molar-refractivity contribution in [1.29, 1.82) is 0 Å². The van der Waals surface area contributed by atoms with Crippen LogP contribution in [-0.2, 0) is 5.75 Å². The number of thioether (sulfide) groups is 1. The van der Waals surface area contributed by atoms with Crippen LogP contribution in [0, 0.1) is 6.92 Å². The predicted octanol–water partition coefficient (Wildman–Crippen LogP) is 5.65. The zero-order chi connectivity index (χ0) is 17.2. The van der Waals surface area contributed by atoms with E-state index in [0.717, 1.165) is 32.6 Å². The fourth-order valence-corrected chi connectivity index (χ4v) is 3.66. The van der Waals surface area contributed by atoms with E-state index < -0.39 is 0 Å². The molecule has 0 aliphatic heterocycles. The highest BCUT2D eigenvalue weighted by Crippen LogP contribution is 2.28. The fourth-order valence-electron chi connectivity index (χ4n) is 2.61. The van der Waals surface area contributed by atoms with Crippen LogP contribution in [0.15, 0.2) is 72.0 Å². The third-order valence-corrected chi connectivity index (χ3v) is 5.31. The molecule has 0 atom stereocenters. The highest BCUT2D eigenvalue weighted by atomic mass is 35.5. The van der Waals surface area contributed by atoms with Gasteiger partial charge in [-0.25, -0.2) is 9.50 Å². The van der Waals surface area contributed by atoms with Gasteiger partial charge >= 0.3 is 0 Å². The summed E-state index contributed by atoms with van der Waals surface area (Å²) in [6, 6.07) is 18.4. The summed E-state index contributed by atoms with van der Waals surface area (Å²) in [7, 11) is 0. The van der Waals surface area contributed by atoms with Gasteiger partial charge in [0.25, 0.3) is 0 Å². The molecule has 0 radical (unpaired) electrons. The standard InChI is InChI=1S/C20H16ClN3S/c1-14-2-6-16(7-3-14)18-12-19-20(22-10-11-24(19)23-18)25-13-15-4-8-17(21)9-5-15/h2-12H,13H2,1H3. The van der Waals surface area contributed by atoms with Gasteiger partial charge in [0.15, 0.2) is 0 Å². The topological polar surface area (TPSA) is 30.2 Å². The average molecular weight is 366 g/mol. The number of aromatic nitrogens is 3. The average Bonchev–Trinajstić information content (AvgIpc) is 3.06. The van der Waals surface area contributed by atoms with Gasteiger partial charge in [-0.05, 0) is 30.7 Å². The van der Waals surface area contributed by atoms with E-state index in [9.17, 15) is 0 Å². The quantitative estimate of drug-likeness (QED) is 0.438. The molecule has 0 amide bonds. The minimum Gasteiger partial charge on any atom is -0.246 e. The van der Waals surface area contributed by atoms with Crippen molar-refractivity contribution < 1.29 is 0 Å². The Morgan fingerprint density at radius 1 is 1.04 bits per heavy atom. The molecule has 4 rings (SSSR count). The summed E-state index contributed by atoms with van der Waals surface area (Å²) in [5.41, 5.74) is 5.56. The zero-order valence-electron chi connectivity index (χ0n) is 13.7. The number of nitrogens with zero attached hydrogens (tertiary/aromatic N) is 3. The van der Waals surface area contributed by atoms with Crippen molar-refractivity contribution in [3.05, 3.63) is 83.1 Å². The zero-order valence-corrected chi connectivity index (χ0v) is 15.3. The summed E-state index contributed by atoms with van der Waals surface area (Å²) >= 11 is 7.65. The number of halogens is 1. The van der Waals surface area contributed by atoms with Gasteiger partial charge in [-0.3, -0.25) is 0 Å². The first-order chi connectivity index (χ1) is 12.2. The second-order valence-corrected chi connectivity index (χ2v) is 7.27. The van der Waals surface area contributed by atoms with Crippen LogP contribution in [-0.4, -0.2) is 14.6 Å². The highest BCUT2D eigenvalue weighted by molar-refractivity contribution is 7.98. The second-order valence-electron chi connectivity index (χ2n) is 5.87. The van der Waals surface area contributed by atoms with Crippen molar-refractivity contribution >= 4 is 28.9 Å². The van der Waals surface area contributed by atoms with Crippen LogP contribution in [0.1, 0.15) is 11.1 Å². The number of rotatable bonds is 4. The molecule has 3 nitrogen and oxygen atoms in total. The number of hydrogen-bond acceptors (Lipinski definition) is 3. The first-order valence-electron chi connectivity index (χ1n) is 7.98. The van der Waals surface area contributed by atoms with Crippen LogP contribution in [0.2, 0.25) is 5.02 Å². The number of benzene rings is 2. The Hall–Kier alpha value is -2.30. The Morgan fingerprint density at radius 2 is 1.80 bits per heavy atom. The van der Waals surface area contributed by atoms with Crippen LogP contribution in [0.3, 0.4) is 0 Å². The van der Waals surface area contributed by atoms with E-state index in [0.29, 0.717) is 0 Å². The van der Waals surface area contributed by atoms with Crippen LogP contribution in [0.4, 0.5) is 0 Å². The molecule has 0 bridgehead atoms. The summed E-state index contributed by atoms with van der Waals surface area (Å²) in [5.74, 6) is 0.842. The van der Waals surface area contributed by atoms with Gasteiger partial charge in [0.1, 0.15) is 5.03 Å². The molecule has 0 unspecified atom stereocenters. The molecule has 0 saturated heterocycles. The summed E-state index contributed by atoms with van der Waals surface area (Å²) < 4.78 is 1.90. The van der Waals surface area contributed by atoms with Gasteiger partial charge in [0, 0.05) is 28.7 Å². The van der Waals surface area contributed by atoms with Gasteiger partial charge in [0.05, 0.1) is 11.2 Å². The first kappa shape index (κ1) is 16.2. The van der Waals surface area contributed by atoms with Crippen molar-refractivity contribution in [1.82, 2.24) is 14.6 Å². The lowest BCUT2D eigenvalue weighted by atomic mass is 10.1. The fraction of sp³-hybridized carbons (Fsp3) is 0.100. The molecule has 25 heavy (non-hydrogen) atoms. The maximum atomic E-state index is 5.95. The van der Waals surface area contributed by atoms with E-state index in [4.69, 9.17) is 11.6 Å². The molecule has 0 N–H and O–H groups in total. The Kier molecular flexibility index (Phi) is 4.47. The van der Waals surface area contributed by atoms with Crippen molar-refractivity contribution in [3.63, 3.8) is 0 Å². The SMILES string of the molecule is Cc1ccc(-c2cc3c(SCc4ccc(Cl)cc4)nccn3n2)cc1. The van der Waals surface area contributed by atoms with Gasteiger partial charge in [0.2, 0.25) is 0 Å². The second kappa shape index (κ2) is 6.90. The molecule has 2 heterocycles. The van der Waals surface area contributed by atoms with Crippen molar-refractivity contribution in [3.8, 4) is 11.3 Å². The Labute approximate surface area is 155 Å². The monoisotopic (exact) mass is 365 g/mol. The van der Waals surface area contributed by atoms with Crippen molar-refractivity contribution in [2.45, 2.75) is 17.7 Å². The highest BCUT2D eigenvalue weighted by Gasteiger charge is 2.09. The van der Waals surface area contributed by atoms with E-state index in [1.165, 1.54) is 11.1 Å². The molecule has 4 aromatic rings. The molecule has 5 heteroatoms. The predicted molar refractivity (Wildman–Crippen MR) is 104 cm³/mol. The number of aryl methyl sites for hydroxylation is 1. The molecule has 0 aliphatic rings. The summed E-state index contributed by atoms with van der Waals surface area (Å²) in [5, 5.41) is 6.42. The molecular formula is C20H16ClN3S. The van der Waals surface area contributed by atoms with Crippen LogP contribution >= 0.6 is 23.4 Å². The van der Waals surface area contributed by atoms with Crippen molar-refractivity contribution in [2.75, 3.05) is 0 Å². The number of hydrogen-bond donors (Lipinski definition) is 0. The van der Waals surface area contributed by atoms with Crippen LogP contribution in [0.25, 0.3) is 16.8 Å². The van der Waals surface area contributed by atoms with Gasteiger partial charge in [-0.1, -0.05) is 65.3 Å². The lowest BCUT2D eigenvalue weighted by Crippen LogP contribution is -1.91. The van der Waals surface area contributed by atoms with Crippen molar-refractivity contribution in [2.24, 2.45) is 0 Å². The third kappa shape index (κ3) is 3.55. The van der Waals surface area contributed by atoms with E-state index in [-0.39, 0.29) is 0 Å². The van der Waals surface area contributed by atoms with E-state index >= 15 is 0 Å². The molecule has 0 spiro atoms. The minimum atomic E-state index is 0.757. The first-order valence-corrected chi connectivity index (χ1v) is 9.34. The van der Waals surface area contributed by atoms with Crippen LogP contribution < -0.4 is 0 Å². The van der Waals surface area contributed by atoms with Gasteiger partial charge in [-0.15, -0.1) is 0 Å². The van der Waals surface area contributed by atoms with E-state index in [1.54, 1.807) is 18.0 Å². The Balaban J connectivity index is 1.63. The minimum absolute atomic E-state index is 0.757. The Bertz CT molecular complexity index is 1010. The van der Waals surface area contributed by atoms with Gasteiger partial charge < -0.3 is 0 Å². The lowest BCUT2D eigenvalue weighted by molar-refractivity contribution is 0.920. The summed E-state index contributed by atoms with van der Waals surface area (Å²) in [4.78, 5) is 4.54. The largest absolute Gasteiger partial charge is 0.246 e. The maximum Gasteiger partial charge on any atom is 0.122 e. The molecule has 0 fully saturated rings. The Morgan fingerprint density at radius 3 is 2.56 bits per heavy atom. The smallest absolute Gasteiger partial charge is 0.122 e. The summed E-state index contributed by atoms with van der Waals surface area (Å²) in [6.07, 6.45) is 3.68. The molecule has 0 saturated carbocycles. The van der Waals surface area contributed by atoms with E-state index in [2.05, 4.69) is 47.3 Å². The number of fused-ring (bicyclic) bond motifs is 1.